The number of hydrogen-bond donors (Lipinski definition) is 1. The minimum absolute atomic E-state index is 0.146. The lowest BCUT2D eigenvalue weighted by Crippen LogP contribution is -2.63. The quantitative estimate of drug-likeness (QED) is 0.875. The van der Waals surface area contributed by atoms with Gasteiger partial charge in [-0.05, 0) is 44.2 Å². The van der Waals surface area contributed by atoms with Crippen molar-refractivity contribution in [3.05, 3.63) is 53.6 Å². The van der Waals surface area contributed by atoms with Crippen LogP contribution in [0.3, 0.4) is 0 Å². The third-order valence-corrected chi connectivity index (χ3v) is 7.40. The first-order valence-electron chi connectivity index (χ1n) is 8.73. The Hall–Kier alpha value is -2.54. The minimum Gasteiger partial charge on any atom is -0.497 e. The second kappa shape index (κ2) is 5.99. The Balaban J connectivity index is 1.86. The van der Waals surface area contributed by atoms with E-state index in [-0.39, 0.29) is 4.90 Å². The second-order valence-corrected chi connectivity index (χ2v) is 9.38. The molecule has 2 aromatic rings. The summed E-state index contributed by atoms with van der Waals surface area (Å²) in [7, 11) is -2.33. The number of ether oxygens (including phenoxy) is 2. The Bertz CT molecular complexity index is 1020. The van der Waals surface area contributed by atoms with Crippen LogP contribution < -0.4 is 14.8 Å². The Morgan fingerprint density at radius 3 is 2.56 bits per heavy atom. The van der Waals surface area contributed by atoms with Crippen LogP contribution in [0.2, 0.25) is 0 Å². The first-order chi connectivity index (χ1) is 12.7. The van der Waals surface area contributed by atoms with Gasteiger partial charge >= 0.3 is 0 Å². The van der Waals surface area contributed by atoms with Gasteiger partial charge in [0.2, 0.25) is 5.91 Å². The molecule has 1 fully saturated rings. The fraction of sp³-hybridized carbons (Fsp3) is 0.350. The number of methoxy groups -OCH3 is 1. The molecule has 2 bridgehead atoms. The van der Waals surface area contributed by atoms with Gasteiger partial charge in [0, 0.05) is 17.9 Å². The van der Waals surface area contributed by atoms with Crippen LogP contribution >= 0.6 is 0 Å². The molecule has 7 heteroatoms. The van der Waals surface area contributed by atoms with Crippen molar-refractivity contribution in [2.45, 2.75) is 42.1 Å². The minimum atomic E-state index is -3.88. The summed E-state index contributed by atoms with van der Waals surface area (Å²) < 4.78 is 37.9. The molecule has 6 nitrogen and oxygen atoms in total. The maximum atomic E-state index is 13.3. The van der Waals surface area contributed by atoms with Gasteiger partial charge in [-0.3, -0.25) is 4.79 Å². The molecule has 2 aliphatic rings. The number of carbonyl (C=O) groups is 1. The maximum absolute atomic E-state index is 13.3. The number of amides is 1. The molecule has 0 radical (unpaired) electrons. The lowest BCUT2D eigenvalue weighted by atomic mass is 9.81. The standard InChI is InChI=1S/C20H21NO5S/c1-12-4-7-14(8-5-12)27(23,24)18-16-11-20(2,21-19(18)22)26-17-9-6-13(25-3)10-15(16)17/h4-10,16,18H,11H2,1-3H3,(H,21,22)/t16-,18-,20+/m1/s1. The van der Waals surface area contributed by atoms with Crippen LogP contribution in [0.5, 0.6) is 11.5 Å². The van der Waals surface area contributed by atoms with Gasteiger partial charge < -0.3 is 14.8 Å². The molecule has 2 aliphatic heterocycles. The van der Waals surface area contributed by atoms with Crippen molar-refractivity contribution < 1.29 is 22.7 Å². The molecule has 3 atom stereocenters. The van der Waals surface area contributed by atoms with Crippen LogP contribution in [0.1, 0.15) is 30.4 Å². The first kappa shape index (κ1) is 17.9. The molecule has 1 N–H and O–H groups in total. The number of carbonyl (C=O) groups excluding carboxylic acids is 1. The largest absolute Gasteiger partial charge is 0.497 e. The first-order valence-corrected chi connectivity index (χ1v) is 10.3. The van der Waals surface area contributed by atoms with E-state index in [1.165, 1.54) is 0 Å². The molecule has 1 amide bonds. The molecule has 142 valence electrons. The van der Waals surface area contributed by atoms with Crippen molar-refractivity contribution >= 4 is 15.7 Å². The highest BCUT2D eigenvalue weighted by Crippen LogP contribution is 2.48. The number of fused-ring (bicyclic) bond motifs is 4. The molecular formula is C20H21NO5S. The zero-order valence-corrected chi connectivity index (χ0v) is 16.2. The third-order valence-electron chi connectivity index (χ3n) is 5.26. The SMILES string of the molecule is COc1ccc2c(c1)[C@H]1C[C@@](C)(NC(=O)[C@@H]1S(=O)(=O)c1ccc(C)cc1)O2. The van der Waals surface area contributed by atoms with Crippen molar-refractivity contribution in [3.8, 4) is 11.5 Å². The average molecular weight is 387 g/mol. The third kappa shape index (κ3) is 2.86. The number of aryl methyl sites for hydroxylation is 1. The van der Waals surface area contributed by atoms with Gasteiger partial charge in [0.15, 0.2) is 20.8 Å². The highest BCUT2D eigenvalue weighted by Gasteiger charge is 2.54. The molecule has 0 aliphatic carbocycles. The monoisotopic (exact) mass is 387 g/mol. The summed E-state index contributed by atoms with van der Waals surface area (Å²) in [6.07, 6.45) is 0.370. The van der Waals surface area contributed by atoms with Crippen molar-refractivity contribution in [1.82, 2.24) is 5.32 Å². The van der Waals surface area contributed by atoms with Crippen LogP contribution in [0, 0.1) is 6.92 Å². The van der Waals surface area contributed by atoms with E-state index in [2.05, 4.69) is 5.32 Å². The van der Waals surface area contributed by atoms with Crippen LogP contribution in [0.4, 0.5) is 0 Å². The Morgan fingerprint density at radius 1 is 1.19 bits per heavy atom. The zero-order chi connectivity index (χ0) is 19.4. The van der Waals surface area contributed by atoms with Crippen molar-refractivity contribution in [1.29, 1.82) is 0 Å². The number of sulfone groups is 1. The van der Waals surface area contributed by atoms with Crippen LogP contribution in [0.25, 0.3) is 0 Å². The molecular weight excluding hydrogens is 366 g/mol. The van der Waals surface area contributed by atoms with Crippen molar-refractivity contribution in [2.75, 3.05) is 7.11 Å². The van der Waals surface area contributed by atoms with Gasteiger partial charge in [-0.1, -0.05) is 17.7 Å². The van der Waals surface area contributed by atoms with Gasteiger partial charge in [-0.25, -0.2) is 8.42 Å². The van der Waals surface area contributed by atoms with E-state index in [1.807, 2.05) is 6.92 Å². The molecule has 2 heterocycles. The average Bonchev–Trinajstić information content (AvgIpc) is 2.60. The predicted octanol–water partition coefficient (Wildman–Crippen LogP) is 2.56. The van der Waals surface area contributed by atoms with E-state index in [9.17, 15) is 13.2 Å². The van der Waals surface area contributed by atoms with E-state index in [0.717, 1.165) is 5.56 Å². The van der Waals surface area contributed by atoms with Crippen LogP contribution in [-0.2, 0) is 14.6 Å². The molecule has 4 rings (SSSR count). The van der Waals surface area contributed by atoms with Crippen LogP contribution in [-0.4, -0.2) is 32.4 Å². The van der Waals surface area contributed by atoms with Gasteiger partial charge in [-0.2, -0.15) is 0 Å². The summed E-state index contributed by atoms with van der Waals surface area (Å²) in [5.74, 6) is 0.105. The van der Waals surface area contributed by atoms with Gasteiger partial charge in [0.25, 0.3) is 0 Å². The van der Waals surface area contributed by atoms with Crippen molar-refractivity contribution in [2.24, 2.45) is 0 Å². The number of benzene rings is 2. The lowest BCUT2D eigenvalue weighted by Gasteiger charge is -2.46. The second-order valence-electron chi connectivity index (χ2n) is 7.32. The molecule has 0 saturated carbocycles. The fourth-order valence-corrected chi connectivity index (χ4v) is 5.77. The van der Waals surface area contributed by atoms with E-state index < -0.39 is 32.6 Å². The van der Waals surface area contributed by atoms with Gasteiger partial charge in [-0.15, -0.1) is 0 Å². The fourth-order valence-electron chi connectivity index (χ4n) is 3.94. The van der Waals surface area contributed by atoms with E-state index >= 15 is 0 Å². The topological polar surface area (TPSA) is 81.7 Å². The highest BCUT2D eigenvalue weighted by atomic mass is 32.2. The number of nitrogens with one attached hydrogen (secondary N) is 1. The summed E-state index contributed by atoms with van der Waals surface area (Å²) in [5.41, 5.74) is 0.709. The summed E-state index contributed by atoms with van der Waals surface area (Å²) in [5, 5.41) is 1.54. The lowest BCUT2D eigenvalue weighted by molar-refractivity contribution is -0.132. The molecule has 27 heavy (non-hydrogen) atoms. The molecule has 0 spiro atoms. The van der Waals surface area contributed by atoms with E-state index in [4.69, 9.17) is 9.47 Å². The normalized spacial score (nSPS) is 26.6. The Labute approximate surface area is 158 Å². The summed E-state index contributed by atoms with van der Waals surface area (Å²) in [6.45, 7) is 3.65. The summed E-state index contributed by atoms with van der Waals surface area (Å²) in [6, 6.07) is 11.8. The molecule has 0 unspecified atom stereocenters. The summed E-state index contributed by atoms with van der Waals surface area (Å²) >= 11 is 0. The maximum Gasteiger partial charge on any atom is 0.242 e. The molecule has 0 aromatic heterocycles. The van der Waals surface area contributed by atoms with E-state index in [0.29, 0.717) is 23.5 Å². The van der Waals surface area contributed by atoms with Gasteiger partial charge in [0.1, 0.15) is 11.5 Å². The van der Waals surface area contributed by atoms with Crippen LogP contribution in [0.15, 0.2) is 47.4 Å². The van der Waals surface area contributed by atoms with Crippen molar-refractivity contribution in [3.63, 3.8) is 0 Å². The van der Waals surface area contributed by atoms with Gasteiger partial charge in [0.05, 0.1) is 12.0 Å². The molecule has 1 saturated heterocycles. The Morgan fingerprint density at radius 2 is 1.89 bits per heavy atom. The summed E-state index contributed by atoms with van der Waals surface area (Å²) in [4.78, 5) is 13.0. The zero-order valence-electron chi connectivity index (χ0n) is 15.4. The number of piperidine rings is 1. The highest BCUT2D eigenvalue weighted by molar-refractivity contribution is 7.92. The molecule has 2 aromatic carbocycles. The number of hydrogen-bond acceptors (Lipinski definition) is 5. The Kier molecular flexibility index (Phi) is 3.96. The smallest absolute Gasteiger partial charge is 0.242 e. The predicted molar refractivity (Wildman–Crippen MR) is 99.7 cm³/mol. The van der Waals surface area contributed by atoms with E-state index in [1.54, 1.807) is 56.5 Å². The number of rotatable bonds is 3.